The molecule has 1 heterocycles. The highest BCUT2D eigenvalue weighted by Crippen LogP contribution is 2.37. The zero-order valence-corrected chi connectivity index (χ0v) is 20.2. The summed E-state index contributed by atoms with van der Waals surface area (Å²) in [4.78, 5) is 24.2. The Kier molecular flexibility index (Phi) is 6.57. The summed E-state index contributed by atoms with van der Waals surface area (Å²) in [7, 11) is 0. The number of amides is 1. The second-order valence-electron chi connectivity index (χ2n) is 8.67. The number of hydrogen-bond donors (Lipinski definition) is 3. The van der Waals surface area contributed by atoms with Crippen LogP contribution in [-0.4, -0.2) is 33.5 Å². The third-order valence-corrected chi connectivity index (χ3v) is 6.18. The van der Waals surface area contributed by atoms with Gasteiger partial charge in [-0.3, -0.25) is 15.0 Å². The van der Waals surface area contributed by atoms with Crippen molar-refractivity contribution in [3.05, 3.63) is 77.1 Å². The molecule has 1 aliphatic heterocycles. The second-order valence-corrected chi connectivity index (χ2v) is 8.67. The highest BCUT2D eigenvalue weighted by atomic mass is 19.1. The van der Waals surface area contributed by atoms with Crippen LogP contribution in [0.4, 0.5) is 15.8 Å². The molecule has 1 aliphatic rings. The lowest BCUT2D eigenvalue weighted by Gasteiger charge is -2.13. The lowest BCUT2D eigenvalue weighted by molar-refractivity contribution is -0.138. The number of nitrogens with zero attached hydrogens (tertiary/aromatic N) is 3. The van der Waals surface area contributed by atoms with E-state index in [1.807, 2.05) is 26.0 Å². The van der Waals surface area contributed by atoms with Crippen molar-refractivity contribution in [3.8, 4) is 16.9 Å². The maximum Gasteiger partial charge on any atom is 0.310 e. The van der Waals surface area contributed by atoms with Gasteiger partial charge in [-0.05, 0) is 68.1 Å². The van der Waals surface area contributed by atoms with E-state index >= 15 is 0 Å². The number of hydrogen-bond acceptors (Lipinski definition) is 6. The first-order valence-electron chi connectivity index (χ1n) is 11.2. The van der Waals surface area contributed by atoms with Crippen molar-refractivity contribution >= 4 is 34.7 Å². The quantitative estimate of drug-likeness (QED) is 0.326. The topological polar surface area (TPSA) is 115 Å². The van der Waals surface area contributed by atoms with Crippen molar-refractivity contribution in [1.82, 2.24) is 0 Å². The molecule has 3 N–H and O–H groups in total. The lowest BCUT2D eigenvalue weighted by atomic mass is 9.97. The minimum atomic E-state index is -0.960. The van der Waals surface area contributed by atoms with Crippen LogP contribution in [0.15, 0.2) is 64.8 Å². The summed E-state index contributed by atoms with van der Waals surface area (Å²) < 4.78 is 14.4. The summed E-state index contributed by atoms with van der Waals surface area (Å²) in [6.45, 7) is 7.11. The molecule has 0 aliphatic carbocycles. The van der Waals surface area contributed by atoms with Crippen LogP contribution in [0, 0.1) is 19.7 Å². The van der Waals surface area contributed by atoms with E-state index in [1.54, 1.807) is 44.2 Å². The van der Waals surface area contributed by atoms with Gasteiger partial charge in [0.15, 0.2) is 5.71 Å². The van der Waals surface area contributed by atoms with Crippen LogP contribution in [-0.2, 0) is 9.59 Å². The van der Waals surface area contributed by atoms with Gasteiger partial charge in [0.05, 0.1) is 17.3 Å². The Balaban J connectivity index is 1.60. The molecule has 8 nitrogen and oxygen atoms in total. The SMILES string of the molecule is CC1=NN(c2ccc(C)c(C)c2)C(=O)/C1=N\Nc1cc(F)cc(-c2ccc(C(C)C(=O)O)cc2)c1O. The van der Waals surface area contributed by atoms with Crippen molar-refractivity contribution in [3.63, 3.8) is 0 Å². The Morgan fingerprint density at radius 1 is 1.06 bits per heavy atom. The van der Waals surface area contributed by atoms with Crippen molar-refractivity contribution in [2.45, 2.75) is 33.6 Å². The van der Waals surface area contributed by atoms with E-state index < -0.39 is 23.6 Å². The predicted molar refractivity (Wildman–Crippen MR) is 137 cm³/mol. The smallest absolute Gasteiger partial charge is 0.310 e. The molecule has 0 aromatic heterocycles. The number of hydrazone groups is 2. The molecule has 0 saturated carbocycles. The number of phenols is 1. The van der Waals surface area contributed by atoms with E-state index in [-0.39, 0.29) is 22.7 Å². The second kappa shape index (κ2) is 9.61. The van der Waals surface area contributed by atoms with E-state index in [1.165, 1.54) is 5.01 Å². The van der Waals surface area contributed by atoms with Gasteiger partial charge >= 0.3 is 11.9 Å². The summed E-state index contributed by atoms with van der Waals surface area (Å²) in [6, 6.07) is 14.2. The van der Waals surface area contributed by atoms with Crippen molar-refractivity contribution in [2.75, 3.05) is 10.4 Å². The number of carboxylic acids is 1. The summed E-state index contributed by atoms with van der Waals surface area (Å²) in [5.41, 5.74) is 6.91. The van der Waals surface area contributed by atoms with Gasteiger partial charge in [-0.25, -0.2) is 4.39 Å². The Morgan fingerprint density at radius 2 is 1.75 bits per heavy atom. The Hall–Kier alpha value is -4.53. The van der Waals surface area contributed by atoms with Gasteiger partial charge in [0, 0.05) is 11.6 Å². The maximum absolute atomic E-state index is 14.4. The number of carbonyl (C=O) groups excluding carboxylic acids is 1. The number of phenolic OH excluding ortho intramolecular Hbond substituents is 1. The molecule has 1 atom stereocenters. The molecule has 9 heteroatoms. The molecule has 1 unspecified atom stereocenters. The van der Waals surface area contributed by atoms with Gasteiger partial charge < -0.3 is 10.2 Å². The first kappa shape index (κ1) is 24.6. The number of aliphatic carboxylic acids is 1. The molecule has 184 valence electrons. The number of rotatable bonds is 6. The van der Waals surface area contributed by atoms with Crippen molar-refractivity contribution < 1.29 is 24.2 Å². The number of carboxylic acid groups (broad SMARTS) is 1. The predicted octanol–water partition coefficient (Wildman–Crippen LogP) is 5.19. The van der Waals surface area contributed by atoms with Gasteiger partial charge in [-0.15, -0.1) is 0 Å². The van der Waals surface area contributed by atoms with Gasteiger partial charge in [0.25, 0.3) is 0 Å². The van der Waals surface area contributed by atoms with Crippen LogP contribution < -0.4 is 10.4 Å². The van der Waals surface area contributed by atoms with E-state index in [4.69, 9.17) is 0 Å². The fourth-order valence-corrected chi connectivity index (χ4v) is 3.77. The van der Waals surface area contributed by atoms with Gasteiger partial charge in [0.2, 0.25) is 0 Å². The number of aromatic hydroxyl groups is 1. The number of benzene rings is 3. The van der Waals surface area contributed by atoms with Crippen LogP contribution in [0.1, 0.15) is 36.5 Å². The van der Waals surface area contributed by atoms with Crippen LogP contribution in [0.5, 0.6) is 5.75 Å². The number of anilines is 2. The minimum Gasteiger partial charge on any atom is -0.505 e. The molecule has 36 heavy (non-hydrogen) atoms. The molecule has 1 amide bonds. The minimum absolute atomic E-state index is 0.0328. The van der Waals surface area contributed by atoms with Crippen LogP contribution in [0.25, 0.3) is 11.1 Å². The molecule has 3 aromatic rings. The lowest BCUT2D eigenvalue weighted by Crippen LogP contribution is -2.28. The molecule has 0 bridgehead atoms. The van der Waals surface area contributed by atoms with Crippen LogP contribution in [0.3, 0.4) is 0 Å². The molecule has 0 saturated heterocycles. The average Bonchev–Trinajstić information content (AvgIpc) is 3.13. The molecule has 0 fully saturated rings. The average molecular weight is 489 g/mol. The Morgan fingerprint density at radius 3 is 2.39 bits per heavy atom. The fourth-order valence-electron chi connectivity index (χ4n) is 3.77. The summed E-state index contributed by atoms with van der Waals surface area (Å²) in [5.74, 6) is -3.02. The third-order valence-electron chi connectivity index (χ3n) is 6.18. The Labute approximate surface area is 207 Å². The van der Waals surface area contributed by atoms with E-state index in [9.17, 15) is 24.2 Å². The van der Waals surface area contributed by atoms with Crippen LogP contribution >= 0.6 is 0 Å². The zero-order valence-electron chi connectivity index (χ0n) is 20.2. The molecular weight excluding hydrogens is 463 g/mol. The largest absolute Gasteiger partial charge is 0.505 e. The summed E-state index contributed by atoms with van der Waals surface area (Å²) in [6.07, 6.45) is 0. The maximum atomic E-state index is 14.4. The first-order chi connectivity index (χ1) is 17.1. The van der Waals surface area contributed by atoms with E-state index in [0.717, 1.165) is 23.3 Å². The molecule has 4 rings (SSSR count). The summed E-state index contributed by atoms with van der Waals surface area (Å²) >= 11 is 0. The standard InChI is InChI=1S/C27H25FN4O4/c1-14-5-10-21(11-15(14)2)32-26(34)24(17(4)31-32)30-29-23-13-20(28)12-22(25(23)33)19-8-6-18(7-9-19)16(3)27(35)36/h5-13,16,29,33H,1-4H3,(H,35,36)/b30-24-. The molecule has 0 spiro atoms. The Bertz CT molecular complexity index is 1430. The number of aryl methyl sites for hydroxylation is 2. The molecule has 0 radical (unpaired) electrons. The highest BCUT2D eigenvalue weighted by molar-refractivity contribution is 6.71. The van der Waals surface area contributed by atoms with E-state index in [0.29, 0.717) is 22.5 Å². The normalized spacial score (nSPS) is 15.2. The number of halogens is 1. The fraction of sp³-hybridized carbons (Fsp3) is 0.185. The van der Waals surface area contributed by atoms with Crippen LogP contribution in [0.2, 0.25) is 0 Å². The van der Waals surface area contributed by atoms with E-state index in [2.05, 4.69) is 15.6 Å². The zero-order chi connectivity index (χ0) is 26.1. The summed E-state index contributed by atoms with van der Waals surface area (Å²) in [5, 5.41) is 29.7. The number of carbonyl (C=O) groups is 2. The van der Waals surface area contributed by atoms with Crippen molar-refractivity contribution in [2.24, 2.45) is 10.2 Å². The van der Waals surface area contributed by atoms with Gasteiger partial charge in [-0.2, -0.15) is 15.2 Å². The monoisotopic (exact) mass is 488 g/mol. The number of nitrogens with one attached hydrogen (secondary N) is 1. The highest BCUT2D eigenvalue weighted by Gasteiger charge is 2.31. The molecular formula is C27H25FN4O4. The van der Waals surface area contributed by atoms with Gasteiger partial charge in [-0.1, -0.05) is 30.3 Å². The molecule has 3 aromatic carbocycles. The first-order valence-corrected chi connectivity index (χ1v) is 11.2. The van der Waals surface area contributed by atoms with Gasteiger partial charge in [0.1, 0.15) is 17.3 Å². The third kappa shape index (κ3) is 4.68. The van der Waals surface area contributed by atoms with Crippen molar-refractivity contribution in [1.29, 1.82) is 0 Å².